The van der Waals surface area contributed by atoms with Gasteiger partial charge in [-0.25, -0.2) is 0 Å². The first kappa shape index (κ1) is 13.2. The third-order valence-corrected chi connectivity index (χ3v) is 2.15. The molecule has 0 aromatic rings. The molecule has 0 bridgehead atoms. The lowest BCUT2D eigenvalue weighted by molar-refractivity contribution is -0.165. The van der Waals surface area contributed by atoms with Crippen LogP contribution >= 0.6 is 0 Å². The van der Waals surface area contributed by atoms with Crippen molar-refractivity contribution in [3.8, 4) is 0 Å². The number of nitrogens with zero attached hydrogens (tertiary/aromatic N) is 1. The zero-order valence-electron chi connectivity index (χ0n) is 8.79. The maximum absolute atomic E-state index is 12.2. The predicted molar refractivity (Wildman–Crippen MR) is 50.7 cm³/mol. The van der Waals surface area contributed by atoms with Crippen molar-refractivity contribution in [1.82, 2.24) is 4.90 Å². The van der Waals surface area contributed by atoms with Crippen LogP contribution in [0.25, 0.3) is 0 Å². The number of rotatable bonds is 6. The summed E-state index contributed by atoms with van der Waals surface area (Å²) < 4.78 is 41.4. The molecule has 7 heteroatoms. The van der Waals surface area contributed by atoms with Gasteiger partial charge in [0.1, 0.15) is 13.2 Å². The molecule has 0 heterocycles. The van der Waals surface area contributed by atoms with Crippen molar-refractivity contribution in [1.29, 1.82) is 0 Å². The highest BCUT2D eigenvalue weighted by atomic mass is 19.4. The Kier molecular flexibility index (Phi) is 4.55. The molecule has 0 aromatic carbocycles. The van der Waals surface area contributed by atoms with Gasteiger partial charge >= 0.3 is 6.18 Å². The van der Waals surface area contributed by atoms with Crippen molar-refractivity contribution in [3.63, 3.8) is 0 Å². The molecule has 0 radical (unpaired) electrons. The highest BCUT2D eigenvalue weighted by Crippen LogP contribution is 2.30. The Labute approximate surface area is 91.5 Å². The molecule has 0 unspecified atom stereocenters. The standard InChI is InChI=1S/C9H15F3N2O2/c10-9(11,12)6-14(7-1-2-7)8(15)5-16-4-3-13/h7H,1-6,13H2. The largest absolute Gasteiger partial charge is 0.406 e. The van der Waals surface area contributed by atoms with Crippen molar-refractivity contribution >= 4 is 5.91 Å². The van der Waals surface area contributed by atoms with Crippen LogP contribution in [0.2, 0.25) is 0 Å². The summed E-state index contributed by atoms with van der Waals surface area (Å²) in [5, 5.41) is 0. The SMILES string of the molecule is NCCOCC(=O)N(CC(F)(F)F)C1CC1. The maximum atomic E-state index is 12.2. The number of hydrogen-bond acceptors (Lipinski definition) is 3. The van der Waals surface area contributed by atoms with E-state index in [1.807, 2.05) is 0 Å². The second-order valence-corrected chi connectivity index (χ2v) is 3.71. The second kappa shape index (κ2) is 5.49. The molecule has 0 spiro atoms. The third-order valence-electron chi connectivity index (χ3n) is 2.15. The van der Waals surface area contributed by atoms with Crippen LogP contribution in [0.5, 0.6) is 0 Å². The van der Waals surface area contributed by atoms with E-state index in [0.717, 1.165) is 4.90 Å². The molecule has 0 atom stereocenters. The van der Waals surface area contributed by atoms with Crippen LogP contribution in [0.1, 0.15) is 12.8 Å². The van der Waals surface area contributed by atoms with Crippen molar-refractivity contribution in [2.45, 2.75) is 25.1 Å². The van der Waals surface area contributed by atoms with Crippen molar-refractivity contribution < 1.29 is 22.7 Å². The zero-order valence-corrected chi connectivity index (χ0v) is 8.79. The number of amides is 1. The van der Waals surface area contributed by atoms with E-state index in [4.69, 9.17) is 10.5 Å². The van der Waals surface area contributed by atoms with Gasteiger partial charge in [0.05, 0.1) is 6.61 Å². The van der Waals surface area contributed by atoms with E-state index in [9.17, 15) is 18.0 Å². The Hall–Kier alpha value is -0.820. The molecule has 1 amide bonds. The lowest BCUT2D eigenvalue weighted by Gasteiger charge is -2.23. The van der Waals surface area contributed by atoms with Crippen LogP contribution < -0.4 is 5.73 Å². The van der Waals surface area contributed by atoms with Gasteiger partial charge in [-0.1, -0.05) is 0 Å². The summed E-state index contributed by atoms with van der Waals surface area (Å²) in [5.41, 5.74) is 5.13. The normalized spacial score (nSPS) is 16.2. The minimum Gasteiger partial charge on any atom is -0.370 e. The Bertz CT molecular complexity index is 241. The molecule has 1 aliphatic rings. The molecular formula is C9H15F3N2O2. The van der Waals surface area contributed by atoms with Crippen molar-refractivity contribution in [2.24, 2.45) is 5.73 Å². The van der Waals surface area contributed by atoms with Gasteiger partial charge in [-0.15, -0.1) is 0 Å². The minimum atomic E-state index is -4.36. The van der Waals surface area contributed by atoms with Crippen LogP contribution in [0.15, 0.2) is 0 Å². The van der Waals surface area contributed by atoms with E-state index in [0.29, 0.717) is 12.8 Å². The molecule has 4 nitrogen and oxygen atoms in total. The number of nitrogens with two attached hydrogens (primary N) is 1. The molecule has 0 saturated heterocycles. The molecule has 1 aliphatic carbocycles. The van der Waals surface area contributed by atoms with Gasteiger partial charge in [-0.2, -0.15) is 13.2 Å². The Morgan fingerprint density at radius 1 is 1.44 bits per heavy atom. The summed E-state index contributed by atoms with van der Waals surface area (Å²) in [6.45, 7) is -1.10. The summed E-state index contributed by atoms with van der Waals surface area (Å²) >= 11 is 0. The summed E-state index contributed by atoms with van der Waals surface area (Å²) in [7, 11) is 0. The van der Waals surface area contributed by atoms with Gasteiger partial charge in [-0.3, -0.25) is 4.79 Å². The molecular weight excluding hydrogens is 225 g/mol. The van der Waals surface area contributed by atoms with Gasteiger partial charge in [0.2, 0.25) is 5.91 Å². The van der Waals surface area contributed by atoms with Crippen molar-refractivity contribution in [3.05, 3.63) is 0 Å². The average molecular weight is 240 g/mol. The first-order chi connectivity index (χ1) is 7.44. The number of halogens is 3. The van der Waals surface area contributed by atoms with Crippen LogP contribution in [0.4, 0.5) is 13.2 Å². The fraction of sp³-hybridized carbons (Fsp3) is 0.889. The number of alkyl halides is 3. The van der Waals surface area contributed by atoms with Crippen LogP contribution in [-0.4, -0.2) is 49.3 Å². The summed E-state index contributed by atoms with van der Waals surface area (Å²) in [4.78, 5) is 12.3. The van der Waals surface area contributed by atoms with E-state index in [2.05, 4.69) is 0 Å². The van der Waals surface area contributed by atoms with Gasteiger partial charge in [-0.05, 0) is 12.8 Å². The highest BCUT2D eigenvalue weighted by Gasteiger charge is 2.40. The Morgan fingerprint density at radius 3 is 2.50 bits per heavy atom. The van der Waals surface area contributed by atoms with Crippen LogP contribution in [0.3, 0.4) is 0 Å². The van der Waals surface area contributed by atoms with E-state index in [1.165, 1.54) is 0 Å². The van der Waals surface area contributed by atoms with Crippen molar-refractivity contribution in [2.75, 3.05) is 26.3 Å². The molecule has 0 aromatic heterocycles. The topological polar surface area (TPSA) is 55.6 Å². The number of carbonyl (C=O) groups is 1. The average Bonchev–Trinajstić information content (AvgIpc) is 2.96. The van der Waals surface area contributed by atoms with Gasteiger partial charge in [0, 0.05) is 12.6 Å². The minimum absolute atomic E-state index is 0.177. The Morgan fingerprint density at radius 2 is 2.06 bits per heavy atom. The first-order valence-electron chi connectivity index (χ1n) is 5.08. The summed E-state index contributed by atoms with van der Waals surface area (Å²) in [6, 6.07) is -0.268. The zero-order chi connectivity index (χ0) is 12.2. The number of carbonyl (C=O) groups excluding carboxylic acids is 1. The highest BCUT2D eigenvalue weighted by molar-refractivity contribution is 5.78. The molecule has 2 N–H and O–H groups in total. The molecule has 0 aliphatic heterocycles. The third kappa shape index (κ3) is 4.80. The lowest BCUT2D eigenvalue weighted by atomic mass is 10.4. The maximum Gasteiger partial charge on any atom is 0.406 e. The van der Waals surface area contributed by atoms with E-state index < -0.39 is 18.6 Å². The summed E-state index contributed by atoms with van der Waals surface area (Å²) in [6.07, 6.45) is -3.08. The monoisotopic (exact) mass is 240 g/mol. The lowest BCUT2D eigenvalue weighted by Crippen LogP contribution is -2.42. The van der Waals surface area contributed by atoms with E-state index in [1.54, 1.807) is 0 Å². The van der Waals surface area contributed by atoms with E-state index in [-0.39, 0.29) is 25.8 Å². The van der Waals surface area contributed by atoms with Crippen LogP contribution in [-0.2, 0) is 9.53 Å². The van der Waals surface area contributed by atoms with Gasteiger partial charge < -0.3 is 15.4 Å². The number of hydrogen-bond donors (Lipinski definition) is 1. The molecule has 94 valence electrons. The quantitative estimate of drug-likeness (QED) is 0.688. The molecule has 16 heavy (non-hydrogen) atoms. The molecule has 1 saturated carbocycles. The summed E-state index contributed by atoms with van der Waals surface area (Å²) in [5.74, 6) is -0.617. The van der Waals surface area contributed by atoms with E-state index >= 15 is 0 Å². The first-order valence-corrected chi connectivity index (χ1v) is 5.08. The smallest absolute Gasteiger partial charge is 0.370 e. The van der Waals surface area contributed by atoms with Gasteiger partial charge in [0.15, 0.2) is 0 Å². The number of ether oxygens (including phenoxy) is 1. The molecule has 1 fully saturated rings. The Balaban J connectivity index is 2.40. The fourth-order valence-corrected chi connectivity index (χ4v) is 1.33. The predicted octanol–water partition coefficient (Wildman–Crippen LogP) is 0.515. The van der Waals surface area contributed by atoms with Crippen LogP contribution in [0, 0.1) is 0 Å². The fourth-order valence-electron chi connectivity index (χ4n) is 1.33. The second-order valence-electron chi connectivity index (χ2n) is 3.71. The van der Waals surface area contributed by atoms with Gasteiger partial charge in [0.25, 0.3) is 0 Å². The molecule has 1 rings (SSSR count).